The van der Waals surface area contributed by atoms with Gasteiger partial charge in [-0.25, -0.2) is 4.79 Å². The number of imide groups is 2. The predicted molar refractivity (Wildman–Crippen MR) is 112 cm³/mol. The zero-order chi connectivity index (χ0) is 23.5. The third-order valence-corrected chi connectivity index (χ3v) is 4.92. The third-order valence-electron chi connectivity index (χ3n) is 4.92. The van der Waals surface area contributed by atoms with Crippen molar-refractivity contribution in [2.24, 2.45) is 0 Å². The summed E-state index contributed by atoms with van der Waals surface area (Å²) in [6.45, 7) is 6.17. The number of rotatable bonds is 7. The standard InChI is InChI=1S/C22H27N3O7/c1-22(2,3)32-21(30)23-10-4-5-11-31-13-6-7-14-15(12-13)20(29)25(19(14)28)16-8-9-17(26)24-18(16)27/h6-7,12,16H,4-5,8-11H2,1-3H3,(H,23,30)(H,24,26,27). The molecule has 1 saturated heterocycles. The van der Waals surface area contributed by atoms with E-state index in [0.29, 0.717) is 31.7 Å². The van der Waals surface area contributed by atoms with Gasteiger partial charge in [-0.2, -0.15) is 0 Å². The Morgan fingerprint density at radius 3 is 2.53 bits per heavy atom. The summed E-state index contributed by atoms with van der Waals surface area (Å²) >= 11 is 0. The molecule has 2 aliphatic heterocycles. The van der Waals surface area contributed by atoms with E-state index in [-0.39, 0.29) is 24.0 Å². The van der Waals surface area contributed by atoms with E-state index in [1.807, 2.05) is 0 Å². The van der Waals surface area contributed by atoms with Crippen molar-refractivity contribution in [2.45, 2.75) is 58.1 Å². The molecule has 2 aliphatic rings. The maximum atomic E-state index is 12.8. The molecule has 0 aliphatic carbocycles. The Morgan fingerprint density at radius 1 is 1.12 bits per heavy atom. The maximum Gasteiger partial charge on any atom is 0.407 e. The lowest BCUT2D eigenvalue weighted by molar-refractivity contribution is -0.136. The highest BCUT2D eigenvalue weighted by molar-refractivity contribution is 6.23. The second-order valence-corrected chi connectivity index (χ2v) is 8.64. The number of carbonyl (C=O) groups is 5. The van der Waals surface area contributed by atoms with Crippen LogP contribution in [-0.4, -0.2) is 59.4 Å². The zero-order valence-corrected chi connectivity index (χ0v) is 18.4. The topological polar surface area (TPSA) is 131 Å². The van der Waals surface area contributed by atoms with E-state index in [9.17, 15) is 24.0 Å². The van der Waals surface area contributed by atoms with Gasteiger partial charge in [-0.05, 0) is 58.2 Å². The molecule has 0 saturated carbocycles. The van der Waals surface area contributed by atoms with Crippen molar-refractivity contribution >= 4 is 29.7 Å². The van der Waals surface area contributed by atoms with Crippen LogP contribution in [-0.2, 0) is 14.3 Å². The molecule has 32 heavy (non-hydrogen) atoms. The van der Waals surface area contributed by atoms with Crippen molar-refractivity contribution in [1.29, 1.82) is 0 Å². The van der Waals surface area contributed by atoms with Crippen LogP contribution in [0.1, 0.15) is 67.2 Å². The van der Waals surface area contributed by atoms with Crippen LogP contribution in [0.15, 0.2) is 18.2 Å². The second-order valence-electron chi connectivity index (χ2n) is 8.64. The smallest absolute Gasteiger partial charge is 0.407 e. The van der Waals surface area contributed by atoms with Crippen LogP contribution >= 0.6 is 0 Å². The molecular weight excluding hydrogens is 418 g/mol. The minimum atomic E-state index is -0.998. The molecule has 1 aromatic carbocycles. The number of unbranched alkanes of at least 4 members (excludes halogenated alkanes) is 1. The van der Waals surface area contributed by atoms with E-state index in [1.165, 1.54) is 12.1 Å². The molecule has 1 fully saturated rings. The number of amides is 5. The second kappa shape index (κ2) is 9.37. The van der Waals surface area contributed by atoms with E-state index >= 15 is 0 Å². The van der Waals surface area contributed by atoms with Gasteiger partial charge in [0, 0.05) is 13.0 Å². The number of hydrogen-bond donors (Lipinski definition) is 2. The summed E-state index contributed by atoms with van der Waals surface area (Å²) in [6.07, 6.45) is 1.03. The van der Waals surface area contributed by atoms with Crippen molar-refractivity contribution in [3.63, 3.8) is 0 Å². The molecule has 0 spiro atoms. The van der Waals surface area contributed by atoms with Crippen molar-refractivity contribution in [2.75, 3.05) is 13.2 Å². The predicted octanol–water partition coefficient (Wildman–Crippen LogP) is 1.77. The van der Waals surface area contributed by atoms with Crippen molar-refractivity contribution in [3.05, 3.63) is 29.3 Å². The summed E-state index contributed by atoms with van der Waals surface area (Å²) in [5.41, 5.74) is -0.176. The third kappa shape index (κ3) is 5.43. The molecule has 0 radical (unpaired) electrons. The molecule has 10 heteroatoms. The SMILES string of the molecule is CC(C)(C)OC(=O)NCCCCOc1ccc2c(c1)C(=O)N(C1CCC(=O)NC1=O)C2=O. The summed E-state index contributed by atoms with van der Waals surface area (Å²) in [4.78, 5) is 61.4. The molecule has 5 amide bonds. The van der Waals surface area contributed by atoms with Gasteiger partial charge in [-0.1, -0.05) is 0 Å². The Morgan fingerprint density at radius 2 is 1.84 bits per heavy atom. The van der Waals surface area contributed by atoms with Crippen LogP contribution in [0, 0.1) is 0 Å². The lowest BCUT2D eigenvalue weighted by Crippen LogP contribution is -2.54. The summed E-state index contributed by atoms with van der Waals surface area (Å²) in [6, 6.07) is 3.58. The van der Waals surface area contributed by atoms with Gasteiger partial charge in [0.05, 0.1) is 17.7 Å². The van der Waals surface area contributed by atoms with E-state index in [1.54, 1.807) is 26.8 Å². The van der Waals surface area contributed by atoms with Crippen molar-refractivity contribution < 1.29 is 33.4 Å². The highest BCUT2D eigenvalue weighted by atomic mass is 16.6. The number of nitrogens with zero attached hydrogens (tertiary/aromatic N) is 1. The average Bonchev–Trinajstić information content (AvgIpc) is 2.94. The Kier molecular flexibility index (Phi) is 6.81. The number of hydrogen-bond acceptors (Lipinski definition) is 7. The molecule has 2 N–H and O–H groups in total. The molecule has 0 aromatic heterocycles. The highest BCUT2D eigenvalue weighted by Gasteiger charge is 2.44. The lowest BCUT2D eigenvalue weighted by Gasteiger charge is -2.27. The van der Waals surface area contributed by atoms with Gasteiger partial charge in [-0.15, -0.1) is 0 Å². The summed E-state index contributed by atoms with van der Waals surface area (Å²) < 4.78 is 10.8. The monoisotopic (exact) mass is 445 g/mol. The van der Waals surface area contributed by atoms with Gasteiger partial charge in [-0.3, -0.25) is 29.4 Å². The molecule has 1 unspecified atom stereocenters. The molecule has 2 heterocycles. The number of piperidine rings is 1. The van der Waals surface area contributed by atoms with Gasteiger partial charge < -0.3 is 14.8 Å². The quantitative estimate of drug-likeness (QED) is 0.483. The van der Waals surface area contributed by atoms with Gasteiger partial charge in [0.15, 0.2) is 0 Å². The molecule has 10 nitrogen and oxygen atoms in total. The summed E-state index contributed by atoms with van der Waals surface area (Å²) in [5, 5.41) is 4.83. The van der Waals surface area contributed by atoms with E-state index < -0.39 is 41.4 Å². The van der Waals surface area contributed by atoms with Crippen LogP contribution in [0.5, 0.6) is 5.75 Å². The van der Waals surface area contributed by atoms with Gasteiger partial charge in [0.2, 0.25) is 11.8 Å². The molecule has 1 aromatic rings. The first-order chi connectivity index (χ1) is 15.1. The molecule has 3 rings (SSSR count). The van der Waals surface area contributed by atoms with E-state index in [0.717, 1.165) is 4.90 Å². The van der Waals surface area contributed by atoms with Crippen LogP contribution in [0.3, 0.4) is 0 Å². The first kappa shape index (κ1) is 23.2. The van der Waals surface area contributed by atoms with Crippen LogP contribution in [0.2, 0.25) is 0 Å². The number of benzene rings is 1. The first-order valence-corrected chi connectivity index (χ1v) is 10.5. The lowest BCUT2D eigenvalue weighted by atomic mass is 10.0. The normalized spacial score (nSPS) is 18.3. The molecular formula is C22H27N3O7. The maximum absolute atomic E-state index is 12.8. The van der Waals surface area contributed by atoms with Crippen molar-refractivity contribution in [1.82, 2.24) is 15.5 Å². The van der Waals surface area contributed by atoms with Crippen LogP contribution in [0.25, 0.3) is 0 Å². The zero-order valence-electron chi connectivity index (χ0n) is 18.4. The Bertz CT molecular complexity index is 951. The van der Waals surface area contributed by atoms with Crippen LogP contribution < -0.4 is 15.4 Å². The van der Waals surface area contributed by atoms with E-state index in [4.69, 9.17) is 9.47 Å². The minimum absolute atomic E-state index is 0.0704. The fourth-order valence-electron chi connectivity index (χ4n) is 3.46. The first-order valence-electron chi connectivity index (χ1n) is 10.5. The number of nitrogens with one attached hydrogen (secondary N) is 2. The number of fused-ring (bicyclic) bond motifs is 1. The largest absolute Gasteiger partial charge is 0.494 e. The summed E-state index contributed by atoms with van der Waals surface area (Å²) in [7, 11) is 0. The molecule has 1 atom stereocenters. The summed E-state index contributed by atoms with van der Waals surface area (Å²) in [5.74, 6) is -1.77. The molecule has 0 bridgehead atoms. The fraction of sp³-hybridized carbons (Fsp3) is 0.500. The fourth-order valence-corrected chi connectivity index (χ4v) is 3.46. The van der Waals surface area contributed by atoms with Gasteiger partial charge >= 0.3 is 6.09 Å². The highest BCUT2D eigenvalue weighted by Crippen LogP contribution is 2.30. The van der Waals surface area contributed by atoms with Crippen LogP contribution in [0.4, 0.5) is 4.79 Å². The van der Waals surface area contributed by atoms with Crippen molar-refractivity contribution in [3.8, 4) is 5.75 Å². The Balaban J connectivity index is 1.50. The Hall–Kier alpha value is -3.43. The average molecular weight is 445 g/mol. The number of alkyl carbamates (subject to hydrolysis) is 1. The van der Waals surface area contributed by atoms with E-state index in [2.05, 4.69) is 10.6 Å². The molecule has 172 valence electrons. The number of ether oxygens (including phenoxy) is 2. The van der Waals surface area contributed by atoms with Gasteiger partial charge in [0.1, 0.15) is 17.4 Å². The minimum Gasteiger partial charge on any atom is -0.494 e. The number of carbonyl (C=O) groups excluding carboxylic acids is 5. The Labute approximate surface area is 185 Å². The van der Waals surface area contributed by atoms with Gasteiger partial charge in [0.25, 0.3) is 11.8 Å².